The molecule has 160 valence electrons. The number of halogens is 2. The van der Waals surface area contributed by atoms with Crippen molar-refractivity contribution in [3.05, 3.63) is 58.9 Å². The van der Waals surface area contributed by atoms with E-state index in [9.17, 15) is 17.6 Å². The summed E-state index contributed by atoms with van der Waals surface area (Å²) in [7, 11) is -3.42. The number of benzene rings is 2. The van der Waals surface area contributed by atoms with Crippen LogP contribution in [0.25, 0.3) is 0 Å². The van der Waals surface area contributed by atoms with Gasteiger partial charge in [0.2, 0.25) is 10.0 Å². The van der Waals surface area contributed by atoms with Crippen LogP contribution < -0.4 is 9.21 Å². The minimum atomic E-state index is -3.42. The van der Waals surface area contributed by atoms with Crippen molar-refractivity contribution in [3.63, 3.8) is 0 Å². The van der Waals surface area contributed by atoms with Crippen LogP contribution in [0.15, 0.2) is 42.5 Å². The Kier molecular flexibility index (Phi) is 5.88. The normalized spacial score (nSPS) is 19.1. The van der Waals surface area contributed by atoms with E-state index in [1.807, 2.05) is 0 Å². The molecule has 0 unspecified atom stereocenters. The molecule has 2 aliphatic heterocycles. The van der Waals surface area contributed by atoms with E-state index in [4.69, 9.17) is 11.6 Å². The van der Waals surface area contributed by atoms with Gasteiger partial charge in [-0.25, -0.2) is 12.8 Å². The topological polar surface area (TPSA) is 60.9 Å². The van der Waals surface area contributed by atoms with E-state index in [1.165, 1.54) is 16.4 Å². The van der Waals surface area contributed by atoms with Gasteiger partial charge in [-0.2, -0.15) is 0 Å². The molecule has 2 aromatic rings. The molecule has 2 fully saturated rings. The minimum absolute atomic E-state index is 0.0901. The maximum atomic E-state index is 13.1. The molecule has 0 aliphatic carbocycles. The fraction of sp³-hybridized carbons (Fsp3) is 0.381. The summed E-state index contributed by atoms with van der Waals surface area (Å²) in [5.41, 5.74) is 1.71. The molecule has 1 amide bonds. The van der Waals surface area contributed by atoms with Gasteiger partial charge in [0.1, 0.15) is 5.82 Å². The van der Waals surface area contributed by atoms with Gasteiger partial charge in [0.25, 0.3) is 5.91 Å². The third-order valence-corrected chi connectivity index (χ3v) is 7.74. The number of hydrogen-bond donors (Lipinski definition) is 0. The Bertz CT molecular complexity index is 1040. The van der Waals surface area contributed by atoms with E-state index in [0.29, 0.717) is 55.4 Å². The SMILES string of the molecule is O=C(c1ccc(Cl)c(N2CCCCS2(=O)=O)c1)N1CCN(c2ccc(F)cc2)CC1. The quantitative estimate of drug-likeness (QED) is 0.717. The predicted octanol–water partition coefficient (Wildman–Crippen LogP) is 3.37. The van der Waals surface area contributed by atoms with Crippen LogP contribution in [-0.4, -0.2) is 57.7 Å². The molecule has 0 atom stereocenters. The van der Waals surface area contributed by atoms with Crippen molar-refractivity contribution < 1.29 is 17.6 Å². The van der Waals surface area contributed by atoms with E-state index in [0.717, 1.165) is 12.1 Å². The van der Waals surface area contributed by atoms with Gasteiger partial charge < -0.3 is 9.80 Å². The van der Waals surface area contributed by atoms with Crippen LogP contribution in [0.3, 0.4) is 0 Å². The maximum absolute atomic E-state index is 13.1. The number of nitrogens with zero attached hydrogens (tertiary/aromatic N) is 3. The van der Waals surface area contributed by atoms with Gasteiger partial charge in [0.15, 0.2) is 0 Å². The first-order valence-corrected chi connectivity index (χ1v) is 11.9. The second-order valence-corrected chi connectivity index (χ2v) is 9.94. The van der Waals surface area contributed by atoms with Crippen LogP contribution in [0.2, 0.25) is 5.02 Å². The molecule has 0 aromatic heterocycles. The fourth-order valence-corrected chi connectivity index (χ4v) is 5.82. The second kappa shape index (κ2) is 8.43. The van der Waals surface area contributed by atoms with Crippen molar-refractivity contribution in [1.29, 1.82) is 0 Å². The van der Waals surface area contributed by atoms with Crippen molar-refractivity contribution in [2.75, 3.05) is 47.7 Å². The van der Waals surface area contributed by atoms with Gasteiger partial charge in [-0.15, -0.1) is 0 Å². The smallest absolute Gasteiger partial charge is 0.254 e. The molecule has 4 rings (SSSR count). The maximum Gasteiger partial charge on any atom is 0.254 e. The number of amides is 1. The summed E-state index contributed by atoms with van der Waals surface area (Å²) < 4.78 is 39.4. The minimum Gasteiger partial charge on any atom is -0.368 e. The molecule has 0 bridgehead atoms. The molecule has 0 radical (unpaired) electrons. The fourth-order valence-electron chi connectivity index (χ4n) is 3.90. The van der Waals surface area contributed by atoms with E-state index >= 15 is 0 Å². The van der Waals surface area contributed by atoms with Gasteiger partial charge in [-0.1, -0.05) is 11.6 Å². The number of hydrogen-bond acceptors (Lipinski definition) is 4. The van der Waals surface area contributed by atoms with Gasteiger partial charge in [0.05, 0.1) is 16.5 Å². The molecular formula is C21H23ClFN3O3S. The molecule has 0 spiro atoms. The average Bonchev–Trinajstić information content (AvgIpc) is 2.74. The van der Waals surface area contributed by atoms with Gasteiger partial charge in [-0.3, -0.25) is 9.10 Å². The van der Waals surface area contributed by atoms with Gasteiger partial charge in [0, 0.05) is 44.0 Å². The molecule has 2 aromatic carbocycles. The molecule has 2 aliphatic rings. The summed E-state index contributed by atoms with van der Waals surface area (Å²) in [6.07, 6.45) is 1.40. The van der Waals surface area contributed by atoms with E-state index in [2.05, 4.69) is 4.90 Å². The molecule has 30 heavy (non-hydrogen) atoms. The predicted molar refractivity (Wildman–Crippen MR) is 116 cm³/mol. The van der Waals surface area contributed by atoms with Gasteiger partial charge in [-0.05, 0) is 55.3 Å². The summed E-state index contributed by atoms with van der Waals surface area (Å²) in [5.74, 6) is -0.338. The van der Waals surface area contributed by atoms with Crippen molar-refractivity contribution in [1.82, 2.24) is 4.90 Å². The lowest BCUT2D eigenvalue weighted by Crippen LogP contribution is -2.48. The van der Waals surface area contributed by atoms with Crippen LogP contribution >= 0.6 is 11.6 Å². The van der Waals surface area contributed by atoms with E-state index < -0.39 is 10.0 Å². The van der Waals surface area contributed by atoms with Crippen LogP contribution in [0, 0.1) is 5.82 Å². The van der Waals surface area contributed by atoms with Crippen molar-refractivity contribution in [2.45, 2.75) is 12.8 Å². The molecule has 2 heterocycles. The highest BCUT2D eigenvalue weighted by Gasteiger charge is 2.29. The Balaban J connectivity index is 1.48. The summed E-state index contributed by atoms with van der Waals surface area (Å²) in [6.45, 7) is 2.69. The lowest BCUT2D eigenvalue weighted by Gasteiger charge is -2.36. The second-order valence-electron chi connectivity index (χ2n) is 7.52. The number of piperazine rings is 1. The Hall–Kier alpha value is -2.32. The zero-order valence-corrected chi connectivity index (χ0v) is 18.0. The monoisotopic (exact) mass is 451 g/mol. The summed E-state index contributed by atoms with van der Waals surface area (Å²) in [6, 6.07) is 11.1. The Morgan fingerprint density at radius 2 is 1.63 bits per heavy atom. The number of carbonyl (C=O) groups excluding carboxylic acids is 1. The number of carbonyl (C=O) groups is 1. The van der Waals surface area contributed by atoms with Crippen LogP contribution in [-0.2, 0) is 10.0 Å². The lowest BCUT2D eigenvalue weighted by molar-refractivity contribution is 0.0747. The standard InChI is InChI=1S/C21H23ClFN3O3S/c22-19-8-3-16(15-20(19)26-9-1-2-14-30(26,28)29)21(27)25-12-10-24(11-13-25)18-6-4-17(23)5-7-18/h3-8,15H,1-2,9-14H2. The molecule has 2 saturated heterocycles. The first kappa shape index (κ1) is 20.9. The van der Waals surface area contributed by atoms with Crippen molar-refractivity contribution in [2.24, 2.45) is 0 Å². The molecule has 6 nitrogen and oxygen atoms in total. The Labute approximate surface area is 180 Å². The Morgan fingerprint density at radius 1 is 0.933 bits per heavy atom. The zero-order chi connectivity index (χ0) is 21.3. The first-order chi connectivity index (χ1) is 14.3. The first-order valence-electron chi connectivity index (χ1n) is 9.95. The number of anilines is 2. The molecular weight excluding hydrogens is 429 g/mol. The van der Waals surface area contributed by atoms with Crippen LogP contribution in [0.5, 0.6) is 0 Å². The highest BCUT2D eigenvalue weighted by Crippen LogP contribution is 2.32. The van der Waals surface area contributed by atoms with E-state index in [-0.39, 0.29) is 17.5 Å². The highest BCUT2D eigenvalue weighted by molar-refractivity contribution is 7.92. The van der Waals surface area contributed by atoms with E-state index in [1.54, 1.807) is 35.2 Å². The summed E-state index contributed by atoms with van der Waals surface area (Å²) in [5, 5.41) is 0.318. The average molecular weight is 452 g/mol. The highest BCUT2D eigenvalue weighted by atomic mass is 35.5. The van der Waals surface area contributed by atoms with Crippen LogP contribution in [0.4, 0.5) is 15.8 Å². The number of sulfonamides is 1. The Morgan fingerprint density at radius 3 is 2.30 bits per heavy atom. The third kappa shape index (κ3) is 4.25. The zero-order valence-electron chi connectivity index (χ0n) is 16.4. The largest absolute Gasteiger partial charge is 0.368 e. The molecule has 0 saturated carbocycles. The molecule has 0 N–H and O–H groups in total. The van der Waals surface area contributed by atoms with Crippen molar-refractivity contribution in [3.8, 4) is 0 Å². The summed E-state index contributed by atoms with van der Waals surface area (Å²) >= 11 is 6.28. The third-order valence-electron chi connectivity index (χ3n) is 5.57. The summed E-state index contributed by atoms with van der Waals surface area (Å²) in [4.78, 5) is 16.9. The number of rotatable bonds is 3. The van der Waals surface area contributed by atoms with Crippen molar-refractivity contribution >= 4 is 38.9 Å². The van der Waals surface area contributed by atoms with Crippen LogP contribution in [0.1, 0.15) is 23.2 Å². The molecule has 9 heteroatoms. The van der Waals surface area contributed by atoms with Gasteiger partial charge >= 0.3 is 0 Å². The lowest BCUT2D eigenvalue weighted by atomic mass is 10.1.